The van der Waals surface area contributed by atoms with Crippen molar-refractivity contribution < 1.29 is 14.3 Å². The van der Waals surface area contributed by atoms with Crippen LogP contribution in [0.15, 0.2) is 12.7 Å². The van der Waals surface area contributed by atoms with Crippen LogP contribution in [0, 0.1) is 11.8 Å². The van der Waals surface area contributed by atoms with E-state index in [0.29, 0.717) is 6.42 Å². The summed E-state index contributed by atoms with van der Waals surface area (Å²) in [7, 11) is 0. The fraction of sp³-hybridized carbons (Fsp3) is 0.636. The van der Waals surface area contributed by atoms with Crippen molar-refractivity contribution in [2.45, 2.75) is 32.3 Å². The molecule has 3 atom stereocenters. The first-order chi connectivity index (χ1) is 7.04. The van der Waals surface area contributed by atoms with E-state index >= 15 is 0 Å². The van der Waals surface area contributed by atoms with Gasteiger partial charge in [0.25, 0.3) is 0 Å². The third-order valence-corrected chi connectivity index (χ3v) is 2.93. The first kappa shape index (κ1) is 11.8. The summed E-state index contributed by atoms with van der Waals surface area (Å²) in [4.78, 5) is 22.3. The van der Waals surface area contributed by atoms with Gasteiger partial charge in [-0.05, 0) is 25.7 Å². The van der Waals surface area contributed by atoms with Crippen molar-refractivity contribution in [3.63, 3.8) is 0 Å². The molecule has 0 spiro atoms. The van der Waals surface area contributed by atoms with E-state index in [4.69, 9.17) is 10.5 Å². The molecule has 1 aliphatic rings. The Morgan fingerprint density at radius 2 is 2.33 bits per heavy atom. The largest absolute Gasteiger partial charge is 0.446 e. The molecule has 4 heteroatoms. The topological polar surface area (TPSA) is 69.4 Å². The number of hydrogen-bond acceptors (Lipinski definition) is 3. The lowest BCUT2D eigenvalue weighted by Gasteiger charge is -2.28. The molecule has 1 saturated carbocycles. The number of Topliss-reactive ketones (excluding diaryl/α,β-unsaturated/α-hetero) is 1. The minimum atomic E-state index is -0.818. The van der Waals surface area contributed by atoms with E-state index in [1.165, 1.54) is 0 Å². The quantitative estimate of drug-likeness (QED) is 0.721. The normalized spacial score (nSPS) is 28.2. The van der Waals surface area contributed by atoms with Gasteiger partial charge in [0.2, 0.25) is 0 Å². The zero-order chi connectivity index (χ0) is 11.4. The van der Waals surface area contributed by atoms with E-state index in [1.807, 2.05) is 6.08 Å². The zero-order valence-corrected chi connectivity index (χ0v) is 8.94. The van der Waals surface area contributed by atoms with Gasteiger partial charge in [-0.3, -0.25) is 4.79 Å². The number of amides is 1. The molecular weight excluding hydrogens is 194 g/mol. The second-order valence-corrected chi connectivity index (χ2v) is 3.99. The third-order valence-electron chi connectivity index (χ3n) is 2.93. The van der Waals surface area contributed by atoms with Crippen molar-refractivity contribution in [3.05, 3.63) is 12.7 Å². The lowest BCUT2D eigenvalue weighted by molar-refractivity contribution is -0.129. The minimum Gasteiger partial charge on any atom is -0.446 e. The van der Waals surface area contributed by atoms with Gasteiger partial charge in [-0.15, -0.1) is 6.58 Å². The second-order valence-electron chi connectivity index (χ2n) is 3.99. The predicted molar refractivity (Wildman–Crippen MR) is 56.2 cm³/mol. The average molecular weight is 211 g/mol. The van der Waals surface area contributed by atoms with Crippen LogP contribution in [0.3, 0.4) is 0 Å². The number of carbonyl (C=O) groups excluding carboxylic acids is 2. The molecule has 1 amide bonds. The maximum absolute atomic E-state index is 11.7. The van der Waals surface area contributed by atoms with E-state index in [-0.39, 0.29) is 17.6 Å². The summed E-state index contributed by atoms with van der Waals surface area (Å²) in [6.45, 7) is 5.39. The lowest BCUT2D eigenvalue weighted by Crippen LogP contribution is -2.35. The molecule has 0 bridgehead atoms. The Morgan fingerprint density at radius 3 is 2.80 bits per heavy atom. The van der Waals surface area contributed by atoms with Crippen LogP contribution < -0.4 is 5.73 Å². The Balaban J connectivity index is 2.53. The average Bonchev–Trinajstić information content (AvgIpc) is 2.16. The summed E-state index contributed by atoms with van der Waals surface area (Å²) in [5, 5.41) is 0. The molecule has 1 rings (SSSR count). The van der Waals surface area contributed by atoms with E-state index in [0.717, 1.165) is 12.8 Å². The summed E-state index contributed by atoms with van der Waals surface area (Å²) in [6, 6.07) is 0. The van der Waals surface area contributed by atoms with Crippen LogP contribution in [0.1, 0.15) is 26.2 Å². The molecule has 2 unspecified atom stereocenters. The molecule has 1 aliphatic carbocycles. The van der Waals surface area contributed by atoms with Crippen LogP contribution in [-0.4, -0.2) is 18.0 Å². The fourth-order valence-corrected chi connectivity index (χ4v) is 2.03. The Labute approximate surface area is 89.5 Å². The number of ketones is 1. The molecule has 1 fully saturated rings. The summed E-state index contributed by atoms with van der Waals surface area (Å²) < 4.78 is 4.82. The highest BCUT2D eigenvalue weighted by atomic mass is 16.6. The molecule has 2 N–H and O–H groups in total. The van der Waals surface area contributed by atoms with Crippen LogP contribution >= 0.6 is 0 Å². The van der Waals surface area contributed by atoms with Crippen molar-refractivity contribution >= 4 is 11.9 Å². The van der Waals surface area contributed by atoms with Gasteiger partial charge < -0.3 is 10.5 Å². The molecule has 0 saturated heterocycles. The monoisotopic (exact) mass is 211 g/mol. The van der Waals surface area contributed by atoms with Crippen LogP contribution in [0.25, 0.3) is 0 Å². The number of nitrogens with two attached hydrogens (primary N) is 1. The zero-order valence-electron chi connectivity index (χ0n) is 8.94. The van der Waals surface area contributed by atoms with E-state index in [9.17, 15) is 9.59 Å². The number of hydrogen-bond donors (Lipinski definition) is 1. The Morgan fingerprint density at radius 1 is 1.67 bits per heavy atom. The molecule has 4 nitrogen and oxygen atoms in total. The highest BCUT2D eigenvalue weighted by Crippen LogP contribution is 2.29. The van der Waals surface area contributed by atoms with Crippen LogP contribution in [0.2, 0.25) is 0 Å². The molecule has 84 valence electrons. The van der Waals surface area contributed by atoms with Crippen molar-refractivity contribution in [1.82, 2.24) is 0 Å². The smallest absolute Gasteiger partial charge is 0.404 e. The van der Waals surface area contributed by atoms with Crippen molar-refractivity contribution in [2.24, 2.45) is 17.6 Å². The second kappa shape index (κ2) is 4.96. The molecule has 0 aromatic carbocycles. The first-order valence-electron chi connectivity index (χ1n) is 5.16. The van der Waals surface area contributed by atoms with Gasteiger partial charge in [0, 0.05) is 6.42 Å². The Kier molecular flexibility index (Phi) is 3.88. The molecule has 0 aromatic rings. The number of primary amides is 1. The van der Waals surface area contributed by atoms with Gasteiger partial charge >= 0.3 is 6.09 Å². The standard InChI is InChI=1S/C11H17NO3/c1-3-8-4-5-9(10(13)6-8)7(2)15-11(12)14/h3,7-9H,1,4-6H2,2H3,(H2,12,14)/t7?,8-,9?/m1/s1. The van der Waals surface area contributed by atoms with Crippen LogP contribution in [0.5, 0.6) is 0 Å². The van der Waals surface area contributed by atoms with Crippen LogP contribution in [-0.2, 0) is 9.53 Å². The maximum atomic E-state index is 11.7. The SMILES string of the molecule is C=C[C@@H]1CCC(C(C)OC(N)=O)C(=O)C1. The lowest BCUT2D eigenvalue weighted by atomic mass is 9.79. The van der Waals surface area contributed by atoms with E-state index in [1.54, 1.807) is 6.92 Å². The number of rotatable bonds is 3. The first-order valence-corrected chi connectivity index (χ1v) is 5.16. The van der Waals surface area contributed by atoms with Crippen molar-refractivity contribution in [1.29, 1.82) is 0 Å². The Hall–Kier alpha value is -1.32. The molecule has 0 aliphatic heterocycles. The number of carbonyl (C=O) groups is 2. The van der Waals surface area contributed by atoms with Crippen molar-refractivity contribution in [2.75, 3.05) is 0 Å². The van der Waals surface area contributed by atoms with Gasteiger partial charge in [0.1, 0.15) is 11.9 Å². The summed E-state index contributed by atoms with van der Waals surface area (Å²) in [6.07, 6.45) is 2.74. The van der Waals surface area contributed by atoms with Gasteiger partial charge in [0.05, 0.1) is 5.92 Å². The maximum Gasteiger partial charge on any atom is 0.404 e. The third kappa shape index (κ3) is 3.08. The van der Waals surface area contributed by atoms with Crippen LogP contribution in [0.4, 0.5) is 4.79 Å². The highest BCUT2D eigenvalue weighted by Gasteiger charge is 2.32. The summed E-state index contributed by atoms with van der Waals surface area (Å²) in [5.74, 6) is 0.211. The van der Waals surface area contributed by atoms with E-state index < -0.39 is 12.2 Å². The summed E-state index contributed by atoms with van der Waals surface area (Å²) in [5.41, 5.74) is 4.91. The Bertz CT molecular complexity index is 275. The van der Waals surface area contributed by atoms with Gasteiger partial charge in [-0.25, -0.2) is 4.79 Å². The van der Waals surface area contributed by atoms with E-state index in [2.05, 4.69) is 6.58 Å². The fourth-order valence-electron chi connectivity index (χ4n) is 2.03. The molecule has 0 heterocycles. The van der Waals surface area contributed by atoms with Gasteiger partial charge in [-0.1, -0.05) is 6.08 Å². The van der Waals surface area contributed by atoms with Crippen molar-refractivity contribution in [3.8, 4) is 0 Å². The summed E-state index contributed by atoms with van der Waals surface area (Å²) >= 11 is 0. The molecule has 0 aromatic heterocycles. The number of ether oxygens (including phenoxy) is 1. The van der Waals surface area contributed by atoms with Gasteiger partial charge in [-0.2, -0.15) is 0 Å². The highest BCUT2D eigenvalue weighted by molar-refractivity contribution is 5.83. The molecular formula is C11H17NO3. The van der Waals surface area contributed by atoms with Gasteiger partial charge in [0.15, 0.2) is 0 Å². The molecule has 0 radical (unpaired) electrons. The minimum absolute atomic E-state index is 0.139. The molecule has 15 heavy (non-hydrogen) atoms. The predicted octanol–water partition coefficient (Wildman–Crippen LogP) is 1.64. The number of allylic oxidation sites excluding steroid dienone is 1.